The van der Waals surface area contributed by atoms with Crippen molar-refractivity contribution in [3.05, 3.63) is 108 Å². The van der Waals surface area contributed by atoms with E-state index in [1.807, 2.05) is 105 Å². The second-order valence-corrected chi connectivity index (χ2v) is 17.8. The second kappa shape index (κ2) is 13.0. The summed E-state index contributed by atoms with van der Waals surface area (Å²) in [5, 5.41) is 21.7. The summed E-state index contributed by atoms with van der Waals surface area (Å²) < 4.78 is 8.66. The lowest BCUT2D eigenvalue weighted by molar-refractivity contribution is -0.146. The van der Waals surface area contributed by atoms with E-state index in [0.29, 0.717) is 37.3 Å². The van der Waals surface area contributed by atoms with Gasteiger partial charge in [0, 0.05) is 65.6 Å². The van der Waals surface area contributed by atoms with Crippen molar-refractivity contribution < 1.29 is 24.2 Å². The number of ether oxygens (including phenoxy) is 1. The molecule has 0 radical (unpaired) electrons. The number of hydrogen-bond donors (Lipinski definition) is 4. The number of nitrogens with zero attached hydrogens (tertiary/aromatic N) is 4. The van der Waals surface area contributed by atoms with E-state index in [4.69, 9.17) is 4.74 Å². The van der Waals surface area contributed by atoms with Gasteiger partial charge in [-0.25, -0.2) is 0 Å². The predicted molar refractivity (Wildman–Crippen MR) is 189 cm³/mol. The van der Waals surface area contributed by atoms with Crippen molar-refractivity contribution in [3.63, 3.8) is 0 Å². The van der Waals surface area contributed by atoms with Crippen LogP contribution >= 0.6 is 0 Å². The molecule has 254 valence electrons. The number of H-pyrrole nitrogens is 1. The molecule has 1 fully saturated rings. The second-order valence-electron chi connectivity index (χ2n) is 13.8. The molecule has 2 amide bonds. The number of hydrogen-bond acceptors (Lipinski definition) is 7. The van der Waals surface area contributed by atoms with Gasteiger partial charge in [0.2, 0.25) is 5.91 Å². The number of aliphatic hydroxyl groups is 1. The number of carbonyl (C=O) groups is 2. The number of aryl methyl sites for hydroxylation is 1. The first kappa shape index (κ1) is 32.9. The third-order valence-corrected chi connectivity index (χ3v) is 12.6. The minimum Gasteiger partial charge on any atom is -0.432 e. The van der Waals surface area contributed by atoms with Crippen molar-refractivity contribution in [2.75, 3.05) is 16.8 Å². The van der Waals surface area contributed by atoms with E-state index in [-0.39, 0.29) is 42.4 Å². The zero-order chi connectivity index (χ0) is 34.3. The molecule has 2 aromatic heterocycles. The van der Waals surface area contributed by atoms with Crippen LogP contribution in [0.5, 0.6) is 0 Å². The maximum atomic E-state index is 14.7. The molecule has 0 unspecified atom stereocenters. The third kappa shape index (κ3) is 6.10. The van der Waals surface area contributed by atoms with Crippen LogP contribution in [0.2, 0.25) is 18.6 Å². The molecule has 3 aromatic carbocycles. The van der Waals surface area contributed by atoms with Gasteiger partial charge in [-0.3, -0.25) is 14.3 Å². The first-order chi connectivity index (χ1) is 23.6. The van der Waals surface area contributed by atoms with Crippen LogP contribution < -0.4 is 10.2 Å². The van der Waals surface area contributed by atoms with E-state index in [0.717, 1.165) is 33.3 Å². The van der Waals surface area contributed by atoms with Crippen LogP contribution in [0, 0.1) is 5.92 Å². The third-order valence-electron chi connectivity index (χ3n) is 10.1. The predicted octanol–water partition coefficient (Wildman–Crippen LogP) is 4.91. The van der Waals surface area contributed by atoms with Gasteiger partial charge in [-0.2, -0.15) is 0 Å². The molecule has 4 N–H and O–H groups in total. The normalized spacial score (nSPS) is 21.9. The summed E-state index contributed by atoms with van der Waals surface area (Å²) >= 11 is 0. The van der Waals surface area contributed by atoms with Crippen LogP contribution in [-0.4, -0.2) is 62.7 Å². The molecule has 5 aromatic rings. The van der Waals surface area contributed by atoms with Crippen LogP contribution in [0.25, 0.3) is 10.9 Å². The van der Waals surface area contributed by atoms with Crippen LogP contribution in [0.4, 0.5) is 11.4 Å². The number of fused-ring (bicyclic) bond motifs is 3. The molecule has 2 aliphatic rings. The number of benzene rings is 3. The number of carbonyl (C=O) groups excluding carboxylic acids is 2. The minimum atomic E-state index is -2.82. The van der Waals surface area contributed by atoms with Crippen molar-refractivity contribution in [3.8, 4) is 0 Å². The van der Waals surface area contributed by atoms with E-state index >= 15 is 0 Å². The Morgan fingerprint density at radius 1 is 1.10 bits per heavy atom. The SMILES string of the molecule is C[C@H]1[C@H]([Si](C)(C)O)[C@@H](CCn2cc(CCO)nn2)O[C@]12C(=O)N(Cc1cccc(NC(=O)Cc3c[nH]c4ccccc34)c1)c1ccccc12. The fourth-order valence-corrected chi connectivity index (χ4v) is 10.6. The van der Waals surface area contributed by atoms with Crippen molar-refractivity contribution in [2.45, 2.75) is 69.6 Å². The highest BCUT2D eigenvalue weighted by Crippen LogP contribution is 2.59. The summed E-state index contributed by atoms with van der Waals surface area (Å²) in [6.07, 6.45) is 4.53. The maximum absolute atomic E-state index is 14.7. The highest BCUT2D eigenvalue weighted by Gasteiger charge is 2.66. The number of aromatic nitrogens is 4. The Balaban J connectivity index is 1.11. The van der Waals surface area contributed by atoms with E-state index in [1.165, 1.54) is 0 Å². The maximum Gasteiger partial charge on any atom is 0.264 e. The van der Waals surface area contributed by atoms with Crippen molar-refractivity contribution in [1.82, 2.24) is 20.0 Å². The first-order valence-electron chi connectivity index (χ1n) is 16.8. The van der Waals surface area contributed by atoms with Gasteiger partial charge in [0.25, 0.3) is 5.91 Å². The van der Waals surface area contributed by atoms with Gasteiger partial charge in [-0.15, -0.1) is 5.10 Å². The van der Waals surface area contributed by atoms with Crippen molar-refractivity contribution in [1.29, 1.82) is 0 Å². The van der Waals surface area contributed by atoms with Gasteiger partial charge in [-0.05, 0) is 54.9 Å². The highest BCUT2D eigenvalue weighted by molar-refractivity contribution is 6.71. The van der Waals surface area contributed by atoms with Gasteiger partial charge >= 0.3 is 0 Å². The molecular formula is C37H42N6O5Si. The van der Waals surface area contributed by atoms with Gasteiger partial charge in [-0.1, -0.05) is 60.7 Å². The fraction of sp³-hybridized carbons (Fsp3) is 0.351. The summed E-state index contributed by atoms with van der Waals surface area (Å²) in [6, 6.07) is 23.3. The molecular weight excluding hydrogens is 637 g/mol. The minimum absolute atomic E-state index is 0.000401. The standard InChI is InChI=1S/C37H42N6O5Si/c1-24-35(49(2,3)47)33(15-17-42-23-28(16-18-44)40-41-42)48-37(24)30-12-5-7-14-32(30)43(36(37)46)22-25-9-8-10-27(19-25)39-34(45)20-26-21-38-31-13-6-4-11-29(26)31/h4-14,19,21,23-24,33,35,38,44,47H,15-18,20,22H2,1-3H3,(H,39,45)/t24-,33+,35-,37+/m0/s1. The summed E-state index contributed by atoms with van der Waals surface area (Å²) in [5.74, 6) is -0.551. The van der Waals surface area contributed by atoms with E-state index < -0.39 is 13.9 Å². The zero-order valence-electron chi connectivity index (χ0n) is 28.0. The summed E-state index contributed by atoms with van der Waals surface area (Å²) in [7, 11) is -2.82. The summed E-state index contributed by atoms with van der Waals surface area (Å²) in [6.45, 7) is 6.67. The van der Waals surface area contributed by atoms with E-state index in [1.54, 1.807) is 9.58 Å². The molecule has 4 atom stereocenters. The molecule has 0 bridgehead atoms. The van der Waals surface area contributed by atoms with Crippen LogP contribution in [-0.2, 0) is 45.9 Å². The highest BCUT2D eigenvalue weighted by atomic mass is 28.4. The Bertz CT molecular complexity index is 2000. The van der Waals surface area contributed by atoms with Gasteiger partial charge in [0.1, 0.15) is 0 Å². The smallest absolute Gasteiger partial charge is 0.264 e. The average molecular weight is 679 g/mol. The lowest BCUT2D eigenvalue weighted by Crippen LogP contribution is -2.46. The number of anilines is 2. The van der Waals surface area contributed by atoms with Crippen LogP contribution in [0.3, 0.4) is 0 Å². The number of aromatic amines is 1. The molecule has 49 heavy (non-hydrogen) atoms. The quantitative estimate of drug-likeness (QED) is 0.145. The summed E-state index contributed by atoms with van der Waals surface area (Å²) in [4.78, 5) is 44.4. The molecule has 0 aliphatic carbocycles. The Labute approximate surface area is 286 Å². The molecule has 0 saturated carbocycles. The van der Waals surface area contributed by atoms with Crippen molar-refractivity contribution in [2.24, 2.45) is 5.92 Å². The Morgan fingerprint density at radius 3 is 2.71 bits per heavy atom. The van der Waals surface area contributed by atoms with Gasteiger partial charge < -0.3 is 29.8 Å². The van der Waals surface area contributed by atoms with Gasteiger partial charge in [0.05, 0.1) is 30.5 Å². The lowest BCUT2D eigenvalue weighted by atomic mass is 9.82. The van der Waals surface area contributed by atoms with E-state index in [2.05, 4.69) is 20.6 Å². The largest absolute Gasteiger partial charge is 0.432 e. The molecule has 1 spiro atoms. The molecule has 2 aliphatic heterocycles. The van der Waals surface area contributed by atoms with Crippen LogP contribution in [0.15, 0.2) is 85.2 Å². The molecule has 12 heteroatoms. The Kier molecular flexibility index (Phi) is 8.74. The van der Waals surface area contributed by atoms with Crippen molar-refractivity contribution >= 4 is 42.4 Å². The molecule has 1 saturated heterocycles. The number of aliphatic hydroxyl groups excluding tert-OH is 1. The monoisotopic (exact) mass is 678 g/mol. The Morgan fingerprint density at radius 2 is 1.90 bits per heavy atom. The zero-order valence-corrected chi connectivity index (χ0v) is 29.0. The lowest BCUT2D eigenvalue weighted by Gasteiger charge is -2.32. The topological polar surface area (TPSA) is 146 Å². The fourth-order valence-electron chi connectivity index (χ4n) is 7.98. The summed E-state index contributed by atoms with van der Waals surface area (Å²) in [5.41, 5.74) is 4.31. The number of amides is 2. The number of para-hydroxylation sites is 2. The number of nitrogens with one attached hydrogen (secondary N) is 2. The van der Waals surface area contributed by atoms with Gasteiger partial charge in [0.15, 0.2) is 13.9 Å². The molecule has 11 nitrogen and oxygen atoms in total. The molecule has 7 rings (SSSR count). The average Bonchev–Trinajstić information content (AvgIpc) is 3.82. The Hall–Kier alpha value is -4.62. The van der Waals surface area contributed by atoms with Crippen LogP contribution in [0.1, 0.15) is 35.7 Å². The first-order valence-corrected chi connectivity index (χ1v) is 19.9. The number of rotatable bonds is 11. The van der Waals surface area contributed by atoms with E-state index in [9.17, 15) is 19.5 Å². The molecule has 4 heterocycles.